The van der Waals surface area contributed by atoms with Gasteiger partial charge in [-0.25, -0.2) is 13.8 Å². The molecule has 0 bridgehead atoms. The van der Waals surface area contributed by atoms with E-state index in [1.165, 1.54) is 37.1 Å². The second-order valence-electron chi connectivity index (χ2n) is 7.32. The van der Waals surface area contributed by atoms with Crippen LogP contribution in [0.2, 0.25) is 0 Å². The van der Waals surface area contributed by atoms with E-state index < -0.39 is 0 Å². The van der Waals surface area contributed by atoms with Gasteiger partial charge in [0.1, 0.15) is 23.0 Å². The zero-order valence-electron chi connectivity index (χ0n) is 15.6. The van der Waals surface area contributed by atoms with E-state index >= 15 is 0 Å². The zero-order valence-corrected chi connectivity index (χ0v) is 16.4. The molecule has 144 valence electrons. The predicted molar refractivity (Wildman–Crippen MR) is 108 cm³/mol. The number of aromatic nitrogens is 3. The Morgan fingerprint density at radius 1 is 0.821 bits per heavy atom. The van der Waals surface area contributed by atoms with Crippen LogP contribution < -0.4 is 0 Å². The Labute approximate surface area is 167 Å². The average Bonchev–Trinajstić information content (AvgIpc) is 2.69. The van der Waals surface area contributed by atoms with Crippen molar-refractivity contribution in [2.24, 2.45) is 5.92 Å². The van der Waals surface area contributed by atoms with Crippen molar-refractivity contribution in [1.29, 1.82) is 0 Å². The van der Waals surface area contributed by atoms with Gasteiger partial charge in [-0.2, -0.15) is 0 Å². The van der Waals surface area contributed by atoms with Crippen LogP contribution in [0.5, 0.6) is 0 Å². The first kappa shape index (κ1) is 19.0. The van der Waals surface area contributed by atoms with E-state index in [2.05, 4.69) is 17.1 Å². The molecule has 0 amide bonds. The highest BCUT2D eigenvalue weighted by molar-refractivity contribution is 7.99. The van der Waals surface area contributed by atoms with Gasteiger partial charge in [0.25, 0.3) is 0 Å². The summed E-state index contributed by atoms with van der Waals surface area (Å²) in [6.07, 6.45) is 4.81. The average molecular weight is 397 g/mol. The summed E-state index contributed by atoms with van der Waals surface area (Å²) in [5.74, 6) is 0.0979. The van der Waals surface area contributed by atoms with Crippen molar-refractivity contribution >= 4 is 11.8 Å². The third-order valence-corrected chi connectivity index (χ3v) is 6.21. The van der Waals surface area contributed by atoms with Crippen LogP contribution >= 0.6 is 11.8 Å². The Morgan fingerprint density at radius 2 is 1.43 bits per heavy atom. The molecule has 2 aromatic carbocycles. The fourth-order valence-corrected chi connectivity index (χ4v) is 4.85. The number of benzene rings is 2. The number of hydrogen-bond donors (Lipinski definition) is 0. The maximum atomic E-state index is 13.4. The third kappa shape index (κ3) is 4.38. The molecule has 2 atom stereocenters. The SMILES string of the molecule is CC1CCCC(Sc2nnc(-c3ccc(F)cc3)c(-c3ccc(F)cc3)n2)C1. The summed E-state index contributed by atoms with van der Waals surface area (Å²) < 4.78 is 26.7. The van der Waals surface area contributed by atoms with Gasteiger partial charge in [0.05, 0.1) is 0 Å². The van der Waals surface area contributed by atoms with Gasteiger partial charge in [0.15, 0.2) is 0 Å². The minimum Gasteiger partial charge on any atom is -0.219 e. The molecule has 1 saturated carbocycles. The molecule has 0 saturated heterocycles. The van der Waals surface area contributed by atoms with Gasteiger partial charge in [-0.3, -0.25) is 0 Å². The van der Waals surface area contributed by atoms with Crippen LogP contribution in [0.3, 0.4) is 0 Å². The molecule has 1 aromatic heterocycles. The van der Waals surface area contributed by atoms with Crippen molar-refractivity contribution in [3.8, 4) is 22.5 Å². The topological polar surface area (TPSA) is 38.7 Å². The van der Waals surface area contributed by atoms with Crippen molar-refractivity contribution in [1.82, 2.24) is 15.2 Å². The summed E-state index contributed by atoms with van der Waals surface area (Å²) in [5, 5.41) is 9.86. The lowest BCUT2D eigenvalue weighted by atomic mass is 9.91. The summed E-state index contributed by atoms with van der Waals surface area (Å²) in [7, 11) is 0. The second kappa shape index (κ2) is 8.35. The summed E-state index contributed by atoms with van der Waals surface area (Å²) in [5.41, 5.74) is 2.68. The van der Waals surface area contributed by atoms with Crippen molar-refractivity contribution in [3.63, 3.8) is 0 Å². The lowest BCUT2D eigenvalue weighted by Crippen LogP contribution is -2.15. The minimum atomic E-state index is -0.313. The Morgan fingerprint density at radius 3 is 2.04 bits per heavy atom. The van der Waals surface area contributed by atoms with Gasteiger partial charge in [0.2, 0.25) is 5.16 Å². The van der Waals surface area contributed by atoms with Crippen LogP contribution in [-0.2, 0) is 0 Å². The van der Waals surface area contributed by atoms with E-state index in [9.17, 15) is 8.78 Å². The Kier molecular flexibility index (Phi) is 5.67. The standard InChI is InChI=1S/C22H21F2N3S/c1-14-3-2-4-19(13-14)28-22-25-20(15-5-9-17(23)10-6-15)21(26-27-22)16-7-11-18(24)12-8-16/h5-12,14,19H,2-4,13H2,1H3. The van der Waals surface area contributed by atoms with Gasteiger partial charge >= 0.3 is 0 Å². The normalized spacial score (nSPS) is 19.5. The molecule has 4 rings (SSSR count). The number of halogens is 2. The monoisotopic (exact) mass is 397 g/mol. The first-order valence-electron chi connectivity index (χ1n) is 9.52. The molecule has 0 radical (unpaired) electrons. The molecule has 6 heteroatoms. The number of hydrogen-bond acceptors (Lipinski definition) is 4. The van der Waals surface area contributed by atoms with Crippen LogP contribution in [0, 0.1) is 17.6 Å². The molecule has 1 aliphatic carbocycles. The van der Waals surface area contributed by atoms with E-state index in [1.807, 2.05) is 0 Å². The van der Waals surface area contributed by atoms with Gasteiger partial charge in [0, 0.05) is 16.4 Å². The fraction of sp³-hybridized carbons (Fsp3) is 0.318. The van der Waals surface area contributed by atoms with E-state index in [-0.39, 0.29) is 11.6 Å². The lowest BCUT2D eigenvalue weighted by molar-refractivity contribution is 0.394. The second-order valence-corrected chi connectivity index (χ2v) is 8.58. The molecule has 1 fully saturated rings. The van der Waals surface area contributed by atoms with Crippen LogP contribution in [-0.4, -0.2) is 20.4 Å². The fourth-order valence-electron chi connectivity index (χ4n) is 3.61. The number of rotatable bonds is 4. The van der Waals surface area contributed by atoms with E-state index in [4.69, 9.17) is 4.98 Å². The Bertz CT molecular complexity index is 945. The molecular formula is C22H21F2N3S. The lowest BCUT2D eigenvalue weighted by Gasteiger charge is -2.25. The maximum absolute atomic E-state index is 13.4. The molecule has 2 unspecified atom stereocenters. The highest BCUT2D eigenvalue weighted by Crippen LogP contribution is 2.36. The molecule has 28 heavy (non-hydrogen) atoms. The van der Waals surface area contributed by atoms with E-state index in [0.29, 0.717) is 27.7 Å². The quantitative estimate of drug-likeness (QED) is 0.529. The molecule has 3 aromatic rings. The Hall–Kier alpha value is -2.34. The highest BCUT2D eigenvalue weighted by atomic mass is 32.2. The van der Waals surface area contributed by atoms with E-state index in [1.54, 1.807) is 36.0 Å². The molecule has 1 heterocycles. The molecule has 0 aliphatic heterocycles. The van der Waals surface area contributed by atoms with Gasteiger partial charge < -0.3 is 0 Å². The smallest absolute Gasteiger partial charge is 0.209 e. The molecule has 1 aliphatic rings. The summed E-state index contributed by atoms with van der Waals surface area (Å²) in [4.78, 5) is 4.76. The van der Waals surface area contributed by atoms with E-state index in [0.717, 1.165) is 24.0 Å². The van der Waals surface area contributed by atoms with Crippen molar-refractivity contribution < 1.29 is 8.78 Å². The molecular weight excluding hydrogens is 376 g/mol. The predicted octanol–water partition coefficient (Wildman–Crippen LogP) is 6.15. The maximum Gasteiger partial charge on any atom is 0.209 e. The summed E-state index contributed by atoms with van der Waals surface area (Å²) in [6.45, 7) is 2.29. The van der Waals surface area contributed by atoms with Gasteiger partial charge in [-0.05, 0) is 67.3 Å². The van der Waals surface area contributed by atoms with Gasteiger partial charge in [-0.1, -0.05) is 31.5 Å². The van der Waals surface area contributed by atoms with Crippen LogP contribution in [0.15, 0.2) is 53.7 Å². The molecule has 0 N–H and O–H groups in total. The first-order chi connectivity index (χ1) is 13.6. The third-order valence-electron chi connectivity index (χ3n) is 5.06. The van der Waals surface area contributed by atoms with Crippen LogP contribution in [0.1, 0.15) is 32.6 Å². The largest absolute Gasteiger partial charge is 0.219 e. The van der Waals surface area contributed by atoms with Crippen molar-refractivity contribution in [3.05, 3.63) is 60.2 Å². The van der Waals surface area contributed by atoms with Gasteiger partial charge in [-0.15, -0.1) is 10.2 Å². The highest BCUT2D eigenvalue weighted by Gasteiger charge is 2.22. The van der Waals surface area contributed by atoms with Crippen molar-refractivity contribution in [2.75, 3.05) is 0 Å². The number of thioether (sulfide) groups is 1. The number of nitrogens with zero attached hydrogens (tertiary/aromatic N) is 3. The van der Waals surface area contributed by atoms with Crippen LogP contribution in [0.25, 0.3) is 22.5 Å². The molecule has 0 spiro atoms. The summed E-state index contributed by atoms with van der Waals surface area (Å²) in [6, 6.07) is 12.3. The zero-order chi connectivity index (χ0) is 19.5. The Balaban J connectivity index is 1.71. The first-order valence-corrected chi connectivity index (χ1v) is 10.4. The molecule has 3 nitrogen and oxygen atoms in total. The minimum absolute atomic E-state index is 0.306. The van der Waals surface area contributed by atoms with Crippen molar-refractivity contribution in [2.45, 2.75) is 43.0 Å². The summed E-state index contributed by atoms with van der Waals surface area (Å²) >= 11 is 1.67. The van der Waals surface area contributed by atoms with Crippen LogP contribution in [0.4, 0.5) is 8.78 Å².